The molecule has 0 saturated heterocycles. The molecular formula is C15H8N4O5S. The molecule has 3 aromatic rings. The van der Waals surface area contributed by atoms with Crippen molar-refractivity contribution in [2.45, 2.75) is 6.54 Å². The largest absolute Gasteiger partial charge is 0.308 e. The number of imide groups is 1. The highest BCUT2D eigenvalue weighted by Gasteiger charge is 2.41. The Bertz CT molecular complexity index is 1130. The molecule has 0 bridgehead atoms. The third kappa shape index (κ3) is 2.22. The van der Waals surface area contributed by atoms with Crippen molar-refractivity contribution in [2.75, 3.05) is 0 Å². The molecule has 2 aromatic heterocycles. The van der Waals surface area contributed by atoms with E-state index in [0.29, 0.717) is 10.2 Å². The zero-order valence-corrected chi connectivity index (χ0v) is 13.2. The number of nitrogens with zero attached hydrogens (tertiary/aromatic N) is 3. The SMILES string of the molecule is O=C1c2cccc([N+](=O)[O-])c2C(=O)N1Cc1nc2ccsc2c(=O)[nH]1. The van der Waals surface area contributed by atoms with Gasteiger partial charge >= 0.3 is 0 Å². The fourth-order valence-corrected chi connectivity index (χ4v) is 3.48. The summed E-state index contributed by atoms with van der Waals surface area (Å²) < 4.78 is 0.446. The van der Waals surface area contributed by atoms with Gasteiger partial charge in [-0.3, -0.25) is 29.4 Å². The Balaban J connectivity index is 1.75. The summed E-state index contributed by atoms with van der Waals surface area (Å²) in [6, 6.07) is 5.54. The smallest absolute Gasteiger partial charge is 0.282 e. The molecule has 0 fully saturated rings. The Morgan fingerprint density at radius 3 is 2.76 bits per heavy atom. The van der Waals surface area contributed by atoms with Gasteiger partial charge in [0.2, 0.25) is 0 Å². The van der Waals surface area contributed by atoms with E-state index in [4.69, 9.17) is 0 Å². The maximum atomic E-state index is 12.5. The maximum Gasteiger partial charge on any atom is 0.282 e. The Morgan fingerprint density at radius 2 is 2.00 bits per heavy atom. The molecule has 1 aliphatic heterocycles. The molecule has 0 unspecified atom stereocenters. The predicted octanol–water partition coefficient (Wildman–Crippen LogP) is 1.69. The number of carbonyl (C=O) groups excluding carboxylic acids is 2. The highest BCUT2D eigenvalue weighted by Crippen LogP contribution is 2.31. The third-order valence-electron chi connectivity index (χ3n) is 3.85. The second-order valence-electron chi connectivity index (χ2n) is 5.30. The molecule has 10 heteroatoms. The average molecular weight is 356 g/mol. The second-order valence-corrected chi connectivity index (χ2v) is 6.22. The lowest BCUT2D eigenvalue weighted by Gasteiger charge is -2.12. The minimum atomic E-state index is -0.777. The summed E-state index contributed by atoms with van der Waals surface area (Å²) in [5.74, 6) is -1.30. The first-order chi connectivity index (χ1) is 12.0. The van der Waals surface area contributed by atoms with Crippen molar-refractivity contribution in [1.82, 2.24) is 14.9 Å². The quantitative estimate of drug-likeness (QED) is 0.432. The van der Waals surface area contributed by atoms with Gasteiger partial charge in [-0.05, 0) is 17.5 Å². The number of aromatic nitrogens is 2. The summed E-state index contributed by atoms with van der Waals surface area (Å²) in [5, 5.41) is 12.8. The van der Waals surface area contributed by atoms with Gasteiger partial charge in [-0.15, -0.1) is 11.3 Å². The molecule has 1 aromatic carbocycles. The van der Waals surface area contributed by atoms with Crippen LogP contribution in [0, 0.1) is 10.1 Å². The van der Waals surface area contributed by atoms with Gasteiger partial charge in [0.25, 0.3) is 23.1 Å². The van der Waals surface area contributed by atoms with Crippen LogP contribution in [0.4, 0.5) is 5.69 Å². The number of hydrogen-bond donors (Lipinski definition) is 1. The van der Waals surface area contributed by atoms with E-state index in [1.54, 1.807) is 11.4 Å². The first-order valence-corrected chi connectivity index (χ1v) is 7.95. The molecule has 0 spiro atoms. The number of hydrogen-bond acceptors (Lipinski definition) is 7. The van der Waals surface area contributed by atoms with E-state index in [1.807, 2.05) is 0 Å². The zero-order chi connectivity index (χ0) is 17.7. The van der Waals surface area contributed by atoms with Gasteiger partial charge < -0.3 is 4.98 Å². The zero-order valence-electron chi connectivity index (χ0n) is 12.4. The molecule has 9 nitrogen and oxygen atoms in total. The number of benzene rings is 1. The van der Waals surface area contributed by atoms with Crippen molar-refractivity contribution >= 4 is 39.1 Å². The van der Waals surface area contributed by atoms with Gasteiger partial charge in [-0.25, -0.2) is 4.98 Å². The number of nitro benzene ring substituents is 1. The van der Waals surface area contributed by atoms with Gasteiger partial charge in [-0.1, -0.05) is 6.07 Å². The average Bonchev–Trinajstić information content (AvgIpc) is 3.14. The van der Waals surface area contributed by atoms with Crippen molar-refractivity contribution in [3.8, 4) is 0 Å². The molecule has 4 rings (SSSR count). The summed E-state index contributed by atoms with van der Waals surface area (Å²) in [7, 11) is 0. The van der Waals surface area contributed by atoms with E-state index in [1.165, 1.54) is 29.5 Å². The second kappa shape index (κ2) is 5.31. The van der Waals surface area contributed by atoms with Gasteiger partial charge in [0, 0.05) is 6.07 Å². The molecule has 25 heavy (non-hydrogen) atoms. The van der Waals surface area contributed by atoms with Crippen LogP contribution in [0.2, 0.25) is 0 Å². The van der Waals surface area contributed by atoms with E-state index >= 15 is 0 Å². The van der Waals surface area contributed by atoms with Gasteiger partial charge in [0.15, 0.2) is 0 Å². The topological polar surface area (TPSA) is 126 Å². The highest BCUT2D eigenvalue weighted by molar-refractivity contribution is 7.17. The number of nitro groups is 1. The fourth-order valence-electron chi connectivity index (χ4n) is 2.76. The standard InChI is InChI=1S/C15H8N4O5S/c20-13-12-8(4-5-25-12)16-10(17-13)6-18-14(21)7-2-1-3-9(19(23)24)11(7)15(18)22/h1-5H,6H2,(H,16,17,20). The van der Waals surface area contributed by atoms with Crippen molar-refractivity contribution in [3.63, 3.8) is 0 Å². The van der Waals surface area contributed by atoms with Gasteiger partial charge in [-0.2, -0.15) is 0 Å². The minimum absolute atomic E-state index is 0.0295. The van der Waals surface area contributed by atoms with E-state index in [0.717, 1.165) is 4.90 Å². The summed E-state index contributed by atoms with van der Waals surface area (Å²) in [6.45, 7) is -0.273. The Labute approximate surface area is 142 Å². The van der Waals surface area contributed by atoms with Crippen LogP contribution in [-0.4, -0.2) is 31.6 Å². The molecular weight excluding hydrogens is 348 g/mol. The minimum Gasteiger partial charge on any atom is -0.308 e. The Hall–Kier alpha value is -3.40. The summed E-state index contributed by atoms with van der Waals surface area (Å²) in [5.41, 5.74) is -0.591. The molecule has 1 N–H and O–H groups in total. The number of rotatable bonds is 3. The van der Waals surface area contributed by atoms with Crippen LogP contribution in [0.15, 0.2) is 34.4 Å². The first kappa shape index (κ1) is 15.1. The molecule has 2 amide bonds. The number of thiophene rings is 1. The number of nitrogens with one attached hydrogen (secondary N) is 1. The highest BCUT2D eigenvalue weighted by atomic mass is 32.1. The summed E-state index contributed by atoms with van der Waals surface area (Å²) >= 11 is 1.23. The van der Waals surface area contributed by atoms with E-state index in [-0.39, 0.29) is 29.1 Å². The lowest BCUT2D eigenvalue weighted by molar-refractivity contribution is -0.385. The van der Waals surface area contributed by atoms with E-state index < -0.39 is 22.4 Å². The van der Waals surface area contributed by atoms with Crippen LogP contribution in [0.5, 0.6) is 0 Å². The van der Waals surface area contributed by atoms with Crippen molar-refractivity contribution in [2.24, 2.45) is 0 Å². The molecule has 0 aliphatic carbocycles. The number of amides is 2. The molecule has 1 aliphatic rings. The van der Waals surface area contributed by atoms with E-state index in [2.05, 4.69) is 9.97 Å². The summed E-state index contributed by atoms with van der Waals surface area (Å²) in [4.78, 5) is 55.0. The number of carbonyl (C=O) groups is 2. The van der Waals surface area contributed by atoms with Gasteiger partial charge in [0.1, 0.15) is 16.1 Å². The van der Waals surface area contributed by atoms with Crippen LogP contribution in [0.3, 0.4) is 0 Å². The number of aromatic amines is 1. The molecule has 0 atom stereocenters. The number of H-pyrrole nitrogens is 1. The molecule has 0 saturated carbocycles. The van der Waals surface area contributed by atoms with Gasteiger partial charge in [0.05, 0.1) is 22.5 Å². The lowest BCUT2D eigenvalue weighted by Crippen LogP contribution is -2.31. The van der Waals surface area contributed by atoms with Crippen molar-refractivity contribution < 1.29 is 14.5 Å². The van der Waals surface area contributed by atoms with Crippen LogP contribution in [0.25, 0.3) is 10.2 Å². The van der Waals surface area contributed by atoms with Crippen LogP contribution in [0.1, 0.15) is 26.5 Å². The van der Waals surface area contributed by atoms with Crippen molar-refractivity contribution in [3.05, 3.63) is 67.1 Å². The predicted molar refractivity (Wildman–Crippen MR) is 87.5 cm³/mol. The molecule has 124 valence electrons. The monoisotopic (exact) mass is 356 g/mol. The Morgan fingerprint density at radius 1 is 1.20 bits per heavy atom. The van der Waals surface area contributed by atoms with Crippen LogP contribution < -0.4 is 5.56 Å². The van der Waals surface area contributed by atoms with Crippen LogP contribution >= 0.6 is 11.3 Å². The summed E-state index contributed by atoms with van der Waals surface area (Å²) in [6.07, 6.45) is 0. The lowest BCUT2D eigenvalue weighted by atomic mass is 10.1. The van der Waals surface area contributed by atoms with E-state index in [9.17, 15) is 24.5 Å². The van der Waals surface area contributed by atoms with Crippen molar-refractivity contribution in [1.29, 1.82) is 0 Å². The maximum absolute atomic E-state index is 12.5. The Kier molecular flexibility index (Phi) is 3.22. The third-order valence-corrected chi connectivity index (χ3v) is 4.75. The first-order valence-electron chi connectivity index (χ1n) is 7.07. The molecule has 3 heterocycles. The fraction of sp³-hybridized carbons (Fsp3) is 0.0667. The normalized spacial score (nSPS) is 13.5. The molecule has 0 radical (unpaired) electrons. The number of fused-ring (bicyclic) bond motifs is 2. The van der Waals surface area contributed by atoms with Crippen LogP contribution in [-0.2, 0) is 6.54 Å².